The number of carbonyl (C=O) groups excluding carboxylic acids is 1. The van der Waals surface area contributed by atoms with Gasteiger partial charge in [-0.25, -0.2) is 8.51 Å². The Kier molecular flexibility index (Phi) is 5.00. The fraction of sp³-hybridized carbons (Fsp3) is 0.533. The van der Waals surface area contributed by atoms with Gasteiger partial charge in [-0.1, -0.05) is 6.42 Å². The summed E-state index contributed by atoms with van der Waals surface area (Å²) in [6, 6.07) is 3.29. The molecule has 1 amide bonds. The maximum Gasteiger partial charge on any atom is 0.235 e. The van der Waals surface area contributed by atoms with E-state index in [1.807, 2.05) is 26.0 Å². The average molecular weight is 310 g/mol. The van der Waals surface area contributed by atoms with Crippen LogP contribution in [0.3, 0.4) is 0 Å². The summed E-state index contributed by atoms with van der Waals surface area (Å²) >= 11 is 0. The van der Waals surface area contributed by atoms with Crippen LogP contribution in [0.2, 0.25) is 0 Å². The van der Waals surface area contributed by atoms with E-state index in [0.717, 1.165) is 34.6 Å². The molecule has 1 aliphatic heterocycles. The van der Waals surface area contributed by atoms with E-state index in [0.29, 0.717) is 13.0 Å². The molecule has 0 aliphatic carbocycles. The molecule has 116 valence electrons. The second kappa shape index (κ2) is 6.58. The molecule has 0 bridgehead atoms. The lowest BCUT2D eigenvalue weighted by Gasteiger charge is -2.32. The van der Waals surface area contributed by atoms with Crippen molar-refractivity contribution in [1.82, 2.24) is 4.31 Å². The van der Waals surface area contributed by atoms with Crippen molar-refractivity contribution in [3.8, 4) is 5.75 Å². The molecular formula is C15H22N2O3S. The van der Waals surface area contributed by atoms with E-state index in [2.05, 4.69) is 0 Å². The van der Waals surface area contributed by atoms with Crippen LogP contribution in [0.25, 0.3) is 0 Å². The zero-order valence-electron chi connectivity index (χ0n) is 12.7. The summed E-state index contributed by atoms with van der Waals surface area (Å²) in [6.07, 6.45) is 2.56. The van der Waals surface area contributed by atoms with Crippen LogP contribution in [0.4, 0.5) is 0 Å². The molecule has 0 aromatic heterocycles. The summed E-state index contributed by atoms with van der Waals surface area (Å²) in [5.74, 6) is 0.350. The summed E-state index contributed by atoms with van der Waals surface area (Å²) in [5.41, 5.74) is 7.26. The molecule has 1 aromatic carbocycles. The highest BCUT2D eigenvalue weighted by atomic mass is 32.2. The van der Waals surface area contributed by atoms with E-state index in [-0.39, 0.29) is 0 Å². The Balaban J connectivity index is 2.37. The van der Waals surface area contributed by atoms with Crippen molar-refractivity contribution < 1.29 is 13.7 Å². The van der Waals surface area contributed by atoms with Crippen LogP contribution >= 0.6 is 0 Å². The lowest BCUT2D eigenvalue weighted by atomic mass is 10.0. The Hall–Kier alpha value is -1.40. The van der Waals surface area contributed by atoms with Gasteiger partial charge in [0.1, 0.15) is 22.8 Å². The molecule has 5 nitrogen and oxygen atoms in total. The standard InChI is InChI=1S/C15H22N2O3S/c1-10-8-12(20-3)9-11(2)14(10)21(19)17-7-5-4-6-13(17)15(16)18/h8-9,13H,4-7H2,1-3H3,(H2,16,18). The number of rotatable bonds is 4. The van der Waals surface area contributed by atoms with Gasteiger partial charge < -0.3 is 10.5 Å². The number of nitrogens with two attached hydrogens (primary N) is 1. The van der Waals surface area contributed by atoms with Gasteiger partial charge in [0.25, 0.3) is 0 Å². The predicted octanol–water partition coefficient (Wildman–Crippen LogP) is 1.67. The number of methoxy groups -OCH3 is 1. The monoisotopic (exact) mass is 310 g/mol. The third-order valence-electron chi connectivity index (χ3n) is 3.84. The molecule has 0 spiro atoms. The number of aryl methyl sites for hydroxylation is 2. The number of carbonyl (C=O) groups is 1. The number of amides is 1. The minimum Gasteiger partial charge on any atom is -0.497 e. The first-order chi connectivity index (χ1) is 9.95. The first-order valence-electron chi connectivity index (χ1n) is 7.08. The smallest absolute Gasteiger partial charge is 0.235 e. The zero-order chi connectivity index (χ0) is 15.6. The molecule has 0 saturated carbocycles. The Morgan fingerprint density at radius 2 is 1.95 bits per heavy atom. The van der Waals surface area contributed by atoms with E-state index in [9.17, 15) is 9.00 Å². The van der Waals surface area contributed by atoms with Crippen molar-refractivity contribution in [2.75, 3.05) is 13.7 Å². The Morgan fingerprint density at radius 3 is 2.48 bits per heavy atom. The van der Waals surface area contributed by atoms with Crippen LogP contribution in [-0.4, -0.2) is 34.1 Å². The lowest BCUT2D eigenvalue weighted by molar-refractivity contribution is -0.122. The molecule has 2 rings (SSSR count). The van der Waals surface area contributed by atoms with Gasteiger partial charge in [-0.05, 0) is 49.9 Å². The summed E-state index contributed by atoms with van der Waals surface area (Å²) in [4.78, 5) is 12.4. The van der Waals surface area contributed by atoms with Crippen LogP contribution in [0.15, 0.2) is 17.0 Å². The highest BCUT2D eigenvalue weighted by Crippen LogP contribution is 2.29. The molecule has 1 saturated heterocycles. The van der Waals surface area contributed by atoms with E-state index >= 15 is 0 Å². The SMILES string of the molecule is COc1cc(C)c(S(=O)N2CCCCC2C(N)=O)c(C)c1. The van der Waals surface area contributed by atoms with E-state index in [1.54, 1.807) is 11.4 Å². The summed E-state index contributed by atoms with van der Waals surface area (Å²) in [6.45, 7) is 4.45. The number of ether oxygens (including phenoxy) is 1. The average Bonchev–Trinajstić information content (AvgIpc) is 2.46. The van der Waals surface area contributed by atoms with Gasteiger partial charge in [-0.15, -0.1) is 0 Å². The number of hydrogen-bond donors (Lipinski definition) is 1. The number of primary amides is 1. The fourth-order valence-electron chi connectivity index (χ4n) is 2.81. The van der Waals surface area contributed by atoms with Crippen molar-refractivity contribution >= 4 is 16.9 Å². The number of piperidine rings is 1. The second-order valence-corrected chi connectivity index (χ2v) is 6.77. The van der Waals surface area contributed by atoms with Crippen LogP contribution in [0.1, 0.15) is 30.4 Å². The zero-order valence-corrected chi connectivity index (χ0v) is 13.5. The molecule has 1 aliphatic rings. The molecular weight excluding hydrogens is 288 g/mol. The van der Waals surface area contributed by atoms with Crippen LogP contribution < -0.4 is 10.5 Å². The third kappa shape index (κ3) is 3.27. The topological polar surface area (TPSA) is 72.6 Å². The van der Waals surface area contributed by atoms with Crippen molar-refractivity contribution in [2.24, 2.45) is 5.73 Å². The maximum absolute atomic E-state index is 12.9. The lowest BCUT2D eigenvalue weighted by Crippen LogP contribution is -2.48. The third-order valence-corrected chi connectivity index (χ3v) is 5.70. The van der Waals surface area contributed by atoms with Crippen LogP contribution in [-0.2, 0) is 15.8 Å². The molecule has 2 unspecified atom stereocenters. The highest BCUT2D eigenvalue weighted by molar-refractivity contribution is 7.82. The van der Waals surface area contributed by atoms with Crippen molar-refractivity contribution in [3.05, 3.63) is 23.3 Å². The highest BCUT2D eigenvalue weighted by Gasteiger charge is 2.32. The van der Waals surface area contributed by atoms with E-state index in [1.165, 1.54) is 0 Å². The van der Waals surface area contributed by atoms with E-state index < -0.39 is 22.9 Å². The summed E-state index contributed by atoms with van der Waals surface area (Å²) in [7, 11) is 0.233. The quantitative estimate of drug-likeness (QED) is 0.919. The Labute approximate surface area is 128 Å². The van der Waals surface area contributed by atoms with Gasteiger partial charge in [-0.2, -0.15) is 0 Å². The van der Waals surface area contributed by atoms with Gasteiger partial charge in [-0.3, -0.25) is 4.79 Å². The van der Waals surface area contributed by atoms with Gasteiger partial charge >= 0.3 is 0 Å². The Bertz CT molecular complexity index is 551. The van der Waals surface area contributed by atoms with Crippen molar-refractivity contribution in [3.63, 3.8) is 0 Å². The minimum atomic E-state index is -1.38. The van der Waals surface area contributed by atoms with Gasteiger partial charge in [0.2, 0.25) is 5.91 Å². The normalized spacial score (nSPS) is 21.0. The molecule has 0 radical (unpaired) electrons. The van der Waals surface area contributed by atoms with E-state index in [4.69, 9.17) is 10.5 Å². The van der Waals surface area contributed by atoms with Gasteiger partial charge in [0.05, 0.1) is 12.0 Å². The molecule has 1 heterocycles. The molecule has 6 heteroatoms. The number of nitrogens with zero attached hydrogens (tertiary/aromatic N) is 1. The summed E-state index contributed by atoms with van der Waals surface area (Å²) < 4.78 is 19.9. The van der Waals surface area contributed by atoms with Gasteiger partial charge in [0, 0.05) is 6.54 Å². The molecule has 2 atom stereocenters. The molecule has 2 N–H and O–H groups in total. The molecule has 21 heavy (non-hydrogen) atoms. The van der Waals surface area contributed by atoms with Crippen LogP contribution in [0, 0.1) is 13.8 Å². The molecule has 1 fully saturated rings. The largest absolute Gasteiger partial charge is 0.497 e. The number of hydrogen-bond acceptors (Lipinski definition) is 3. The van der Waals surface area contributed by atoms with Crippen molar-refractivity contribution in [1.29, 1.82) is 0 Å². The molecule has 1 aromatic rings. The van der Waals surface area contributed by atoms with Gasteiger partial charge in [0.15, 0.2) is 0 Å². The predicted molar refractivity (Wildman–Crippen MR) is 82.4 cm³/mol. The first kappa shape index (κ1) is 16.0. The van der Waals surface area contributed by atoms with Crippen LogP contribution in [0.5, 0.6) is 5.75 Å². The maximum atomic E-state index is 12.9. The van der Waals surface area contributed by atoms with Crippen molar-refractivity contribution in [2.45, 2.75) is 44.0 Å². The minimum absolute atomic E-state index is 0.396. The first-order valence-corrected chi connectivity index (χ1v) is 8.19. The fourth-order valence-corrected chi connectivity index (χ4v) is 4.45. The number of benzene rings is 1. The summed E-state index contributed by atoms with van der Waals surface area (Å²) in [5, 5.41) is 0. The Morgan fingerprint density at radius 1 is 1.33 bits per heavy atom. The second-order valence-electron chi connectivity index (χ2n) is 5.39.